The molecule has 0 saturated carbocycles. The second-order valence-electron chi connectivity index (χ2n) is 15.7. The lowest BCUT2D eigenvalue weighted by molar-refractivity contribution is 0.664. The van der Waals surface area contributed by atoms with Crippen LogP contribution < -0.4 is 0 Å². The van der Waals surface area contributed by atoms with Crippen LogP contribution >= 0.6 is 0 Å². The van der Waals surface area contributed by atoms with Crippen molar-refractivity contribution in [3.05, 3.63) is 240 Å². The molecule has 0 fully saturated rings. The van der Waals surface area contributed by atoms with Gasteiger partial charge in [0.25, 0.3) is 0 Å². The fourth-order valence-corrected chi connectivity index (χ4v) is 10.4. The smallest absolute Gasteiger partial charge is 0.136 e. The van der Waals surface area contributed by atoms with E-state index in [1.165, 1.54) is 22.3 Å². The Morgan fingerprint density at radius 3 is 1.62 bits per heavy atom. The van der Waals surface area contributed by atoms with Crippen LogP contribution in [0.25, 0.3) is 98.4 Å². The van der Waals surface area contributed by atoms with Crippen molar-refractivity contribution in [2.75, 3.05) is 0 Å². The first-order valence-electron chi connectivity index (χ1n) is 23.8. The third-order valence-electron chi connectivity index (χ3n) is 12.8. The molecule has 1 nitrogen and oxygen atoms in total. The molecule has 13 rings (SSSR count). The molecule has 11 aromatic carbocycles. The van der Waals surface area contributed by atoms with Crippen LogP contribution in [0.1, 0.15) is 31.8 Å². The number of hydrogen-bond acceptors (Lipinski definition) is 1. The van der Waals surface area contributed by atoms with Crippen LogP contribution in [0.3, 0.4) is 0 Å². The van der Waals surface area contributed by atoms with E-state index in [1.54, 1.807) is 0 Å². The van der Waals surface area contributed by atoms with Crippen molar-refractivity contribution in [2.45, 2.75) is 5.41 Å². The predicted octanol–water partition coefficient (Wildman–Crippen LogP) is 15.9. The molecule has 1 heteroatoms. The molecule has 0 N–H and O–H groups in total. The highest BCUT2D eigenvalue weighted by molar-refractivity contribution is 6.24. The van der Waals surface area contributed by atoms with Gasteiger partial charge in [-0.1, -0.05) is 194 Å². The molecule has 60 heavy (non-hydrogen) atoms. The van der Waals surface area contributed by atoms with Gasteiger partial charge in [0.1, 0.15) is 11.2 Å². The van der Waals surface area contributed by atoms with Crippen molar-refractivity contribution in [2.24, 2.45) is 0 Å². The molecular weight excluding hydrogens is 725 g/mol. The van der Waals surface area contributed by atoms with Gasteiger partial charge in [0.05, 0.1) is 15.0 Å². The zero-order chi connectivity index (χ0) is 45.5. The van der Waals surface area contributed by atoms with Gasteiger partial charge in [-0.25, -0.2) is 0 Å². The summed E-state index contributed by atoms with van der Waals surface area (Å²) in [6, 6.07) is 58.8. The number of benzene rings is 11. The molecule has 0 amide bonds. The van der Waals surface area contributed by atoms with Crippen LogP contribution in [-0.4, -0.2) is 0 Å². The maximum absolute atomic E-state index is 9.57. The van der Waals surface area contributed by atoms with E-state index in [1.807, 2.05) is 36.4 Å². The Hall–Kier alpha value is -7.74. The molecule has 1 heterocycles. The minimum absolute atomic E-state index is 0.0646. The molecule has 0 radical (unpaired) electrons. The quantitative estimate of drug-likeness (QED) is 0.159. The number of hydrogen-bond donors (Lipinski definition) is 0. The van der Waals surface area contributed by atoms with Crippen molar-refractivity contribution in [1.82, 2.24) is 0 Å². The van der Waals surface area contributed by atoms with Crippen molar-refractivity contribution in [1.29, 1.82) is 0 Å². The largest absolute Gasteiger partial charge is 0.456 e. The first kappa shape index (κ1) is 27.0. The summed E-state index contributed by atoms with van der Waals surface area (Å²) in [7, 11) is 0. The van der Waals surface area contributed by atoms with Gasteiger partial charge in [-0.05, 0) is 123 Å². The third kappa shape index (κ3) is 4.52. The Morgan fingerprint density at radius 1 is 0.383 bits per heavy atom. The van der Waals surface area contributed by atoms with Crippen LogP contribution in [0.4, 0.5) is 0 Å². The Bertz CT molecular complexity index is 4020. The van der Waals surface area contributed by atoms with Gasteiger partial charge in [0.2, 0.25) is 0 Å². The minimum atomic E-state index is -0.587. The second-order valence-corrected chi connectivity index (χ2v) is 15.7. The molecule has 0 atom stereocenters. The van der Waals surface area contributed by atoms with Crippen molar-refractivity contribution in [3.63, 3.8) is 0 Å². The standard InChI is InChI=1S/C59H36O/c1-3-18-41(19-4-1)59(42-20-5-2-6-21-42)51-30-15-31-53-57(51)58-52(59)35-40(36-54(58)60-53)43-26-13-28-45-44(43)27-14-29-46(45)56-49-24-11-9-22-47(49)55(48-23-10-12-25-50(48)56)39-33-32-37-16-7-8-17-38(37)34-39/h1-36H/i7D,8D,16D,17D,32D,33D,34D. The van der Waals surface area contributed by atoms with Crippen LogP contribution in [-0.2, 0) is 5.41 Å². The van der Waals surface area contributed by atoms with Gasteiger partial charge >= 0.3 is 0 Å². The normalized spacial score (nSPS) is 14.8. The zero-order valence-electron chi connectivity index (χ0n) is 39.2. The summed E-state index contributed by atoms with van der Waals surface area (Å²) >= 11 is 0. The summed E-state index contributed by atoms with van der Waals surface area (Å²) in [5.41, 5.74) is 10.7. The molecule has 0 aliphatic heterocycles. The topological polar surface area (TPSA) is 13.1 Å². The summed E-state index contributed by atoms with van der Waals surface area (Å²) in [4.78, 5) is 0. The molecule has 0 bridgehead atoms. The van der Waals surface area contributed by atoms with E-state index in [9.17, 15) is 2.74 Å². The molecule has 0 spiro atoms. The Balaban J connectivity index is 1.08. The number of fused-ring (bicyclic) bond motifs is 4. The Morgan fingerprint density at radius 2 is 0.933 bits per heavy atom. The highest BCUT2D eigenvalue weighted by Gasteiger charge is 2.46. The van der Waals surface area contributed by atoms with E-state index in [4.69, 9.17) is 11.3 Å². The average molecular weight is 768 g/mol. The molecular formula is C59H36O. The van der Waals surface area contributed by atoms with Gasteiger partial charge in [-0.15, -0.1) is 0 Å². The van der Waals surface area contributed by atoms with E-state index in [-0.39, 0.29) is 34.5 Å². The van der Waals surface area contributed by atoms with E-state index < -0.39 is 29.6 Å². The van der Waals surface area contributed by atoms with E-state index in [0.29, 0.717) is 5.56 Å². The summed E-state index contributed by atoms with van der Waals surface area (Å²) < 4.78 is 69.1. The lowest BCUT2D eigenvalue weighted by atomic mass is 9.67. The summed E-state index contributed by atoms with van der Waals surface area (Å²) in [6.45, 7) is 0. The lowest BCUT2D eigenvalue weighted by Gasteiger charge is -2.34. The van der Waals surface area contributed by atoms with Gasteiger partial charge in [0, 0.05) is 10.8 Å². The van der Waals surface area contributed by atoms with Crippen LogP contribution in [0, 0.1) is 0 Å². The highest BCUT2D eigenvalue weighted by atomic mass is 16.3. The second kappa shape index (κ2) is 12.6. The SMILES string of the molecule is [2H]c1c([2H])c([2H])c2c([2H])c(-c3c4ccccc4c(-c4cccc5c(-c6cc7c8c(c6)oc6cccc(c68)C7(c6ccccc6)c6ccccc6)cccc45)c4ccccc34)c([2H])c([2H])c2c1[2H]. The lowest BCUT2D eigenvalue weighted by Crippen LogP contribution is -2.28. The monoisotopic (exact) mass is 767 g/mol. The molecule has 1 aromatic heterocycles. The van der Waals surface area contributed by atoms with Gasteiger partial charge < -0.3 is 4.42 Å². The zero-order valence-corrected chi connectivity index (χ0v) is 32.2. The first-order valence-corrected chi connectivity index (χ1v) is 20.3. The van der Waals surface area contributed by atoms with E-state index >= 15 is 0 Å². The summed E-state index contributed by atoms with van der Waals surface area (Å²) in [5.74, 6) is 0. The average Bonchev–Trinajstić information content (AvgIpc) is 3.91. The maximum atomic E-state index is 9.57. The van der Waals surface area contributed by atoms with Gasteiger partial charge in [0.15, 0.2) is 0 Å². The van der Waals surface area contributed by atoms with E-state index in [2.05, 4.69) is 140 Å². The fourth-order valence-electron chi connectivity index (χ4n) is 10.4. The van der Waals surface area contributed by atoms with Crippen molar-refractivity contribution >= 4 is 65.0 Å². The fraction of sp³-hybridized carbons (Fsp3) is 0.0169. The van der Waals surface area contributed by atoms with Crippen LogP contribution in [0.15, 0.2) is 223 Å². The number of furan rings is 1. The van der Waals surface area contributed by atoms with Crippen LogP contribution in [0.5, 0.6) is 0 Å². The minimum Gasteiger partial charge on any atom is -0.456 e. The van der Waals surface area contributed by atoms with Crippen molar-refractivity contribution < 1.29 is 14.0 Å². The Kier molecular flexibility index (Phi) is 5.69. The summed E-state index contributed by atoms with van der Waals surface area (Å²) in [5, 5.41) is 7.51. The maximum Gasteiger partial charge on any atom is 0.136 e. The first-order chi connectivity index (χ1) is 32.7. The Labute approximate surface area is 357 Å². The molecule has 278 valence electrons. The third-order valence-corrected chi connectivity index (χ3v) is 12.8. The molecule has 1 aliphatic carbocycles. The van der Waals surface area contributed by atoms with Gasteiger partial charge in [-0.2, -0.15) is 0 Å². The molecule has 1 aliphatic rings. The van der Waals surface area contributed by atoms with Crippen molar-refractivity contribution in [3.8, 4) is 33.4 Å². The highest BCUT2D eigenvalue weighted by Crippen LogP contribution is 2.58. The van der Waals surface area contributed by atoms with E-state index in [0.717, 1.165) is 76.5 Å². The number of rotatable bonds is 5. The molecule has 0 unspecified atom stereocenters. The molecule has 12 aromatic rings. The predicted molar refractivity (Wildman–Crippen MR) is 252 cm³/mol. The van der Waals surface area contributed by atoms with Crippen LogP contribution in [0.2, 0.25) is 0 Å². The van der Waals surface area contributed by atoms with Gasteiger partial charge in [-0.3, -0.25) is 0 Å². The summed E-state index contributed by atoms with van der Waals surface area (Å²) in [6.07, 6.45) is 0. The molecule has 0 saturated heterocycles.